The summed E-state index contributed by atoms with van der Waals surface area (Å²) in [6, 6.07) is 4.36. The van der Waals surface area contributed by atoms with Gasteiger partial charge in [-0.15, -0.1) is 0 Å². The molecule has 1 aromatic carbocycles. The topological polar surface area (TPSA) is 128 Å². The van der Waals surface area contributed by atoms with Gasteiger partial charge in [-0.3, -0.25) is 23.7 Å². The van der Waals surface area contributed by atoms with E-state index in [2.05, 4.69) is 15.2 Å². The molecule has 1 saturated carbocycles. The van der Waals surface area contributed by atoms with Crippen LogP contribution < -0.4 is 10.9 Å². The van der Waals surface area contributed by atoms with Gasteiger partial charge in [0.05, 0.1) is 5.02 Å². The smallest absolute Gasteiger partial charge is 0.312 e. The first-order valence-electron chi connectivity index (χ1n) is 13.5. The fraction of sp³-hybridized carbons (Fsp3) is 0.536. The molecule has 2 aliphatic heterocycles. The van der Waals surface area contributed by atoms with Gasteiger partial charge in [-0.25, -0.2) is 9.37 Å². The standard InChI is InChI=1S/C28H36ClFN6O5/c1-6-34(4)15-27-10-12-28(13-11-27,35(5)25(41)24(40)33(2)3)26-32-20(21(37)23(39)36(26)16-27)22(38)31-14-17-8-7-9-18(29)19(17)30/h7-9,37H,6,10-16H2,1-5H3,(H,31,38). The highest BCUT2D eigenvalue weighted by molar-refractivity contribution is 6.34. The monoisotopic (exact) mass is 590 g/mol. The van der Waals surface area contributed by atoms with Crippen LogP contribution in [0.5, 0.6) is 5.75 Å². The third-order valence-electron chi connectivity index (χ3n) is 8.56. The Balaban J connectivity index is 1.81. The summed E-state index contributed by atoms with van der Waals surface area (Å²) in [5.74, 6) is -3.80. The molecule has 41 heavy (non-hydrogen) atoms. The van der Waals surface area contributed by atoms with E-state index in [0.29, 0.717) is 32.2 Å². The summed E-state index contributed by atoms with van der Waals surface area (Å²) in [6.45, 7) is 3.47. The van der Waals surface area contributed by atoms with Gasteiger partial charge >= 0.3 is 11.8 Å². The minimum Gasteiger partial charge on any atom is -0.501 e. The van der Waals surface area contributed by atoms with E-state index >= 15 is 0 Å². The number of hydrogen-bond donors (Lipinski definition) is 2. The SMILES string of the molecule is CCN(C)CC12CCC(N(C)C(=O)C(=O)N(C)C)(CC1)c1nc(C(=O)NCc3cccc(Cl)c3F)c(O)c(=O)n1C2. The summed E-state index contributed by atoms with van der Waals surface area (Å²) in [7, 11) is 6.45. The van der Waals surface area contributed by atoms with Gasteiger partial charge in [0.2, 0.25) is 5.75 Å². The number of hydrogen-bond acceptors (Lipinski definition) is 7. The molecule has 3 amide bonds. The van der Waals surface area contributed by atoms with Gasteiger partial charge in [-0.2, -0.15) is 0 Å². The van der Waals surface area contributed by atoms with Crippen LogP contribution in [0.4, 0.5) is 4.39 Å². The molecule has 0 spiro atoms. The Bertz CT molecular complexity index is 1440. The second-order valence-electron chi connectivity index (χ2n) is 11.3. The van der Waals surface area contributed by atoms with E-state index in [0.717, 1.165) is 6.54 Å². The Morgan fingerprint density at radius 2 is 1.78 bits per heavy atom. The summed E-state index contributed by atoms with van der Waals surface area (Å²) in [5, 5.41) is 13.3. The lowest BCUT2D eigenvalue weighted by molar-refractivity contribution is -0.155. The lowest BCUT2D eigenvalue weighted by Gasteiger charge is -2.47. The number of aromatic nitrogens is 2. The third-order valence-corrected chi connectivity index (χ3v) is 8.85. The molecule has 2 N–H and O–H groups in total. The van der Waals surface area contributed by atoms with Crippen LogP contribution in [-0.2, 0) is 28.2 Å². The van der Waals surface area contributed by atoms with Crippen LogP contribution >= 0.6 is 11.6 Å². The Morgan fingerprint density at radius 1 is 1.12 bits per heavy atom. The Kier molecular flexibility index (Phi) is 8.47. The molecule has 0 radical (unpaired) electrons. The predicted octanol–water partition coefficient (Wildman–Crippen LogP) is 1.94. The fourth-order valence-corrected chi connectivity index (χ4v) is 6.16. The molecule has 1 aromatic heterocycles. The minimum absolute atomic E-state index is 0.110. The number of nitrogens with one attached hydrogen (secondary N) is 1. The minimum atomic E-state index is -1.17. The average Bonchev–Trinajstić information content (AvgIpc) is 3.17. The average molecular weight is 591 g/mol. The first-order chi connectivity index (χ1) is 19.3. The molecular formula is C28H36ClFN6O5. The molecule has 11 nitrogen and oxygen atoms in total. The van der Waals surface area contributed by atoms with Crippen LogP contribution in [0.1, 0.15) is 54.5 Å². The van der Waals surface area contributed by atoms with Gasteiger partial charge in [-0.05, 0) is 45.3 Å². The lowest BCUT2D eigenvalue weighted by Crippen LogP contribution is -2.55. The quantitative estimate of drug-likeness (QED) is 0.472. The van der Waals surface area contributed by atoms with Gasteiger partial charge in [0.1, 0.15) is 17.2 Å². The molecule has 3 heterocycles. The number of rotatable bonds is 7. The highest BCUT2D eigenvalue weighted by atomic mass is 35.5. The molecule has 1 aliphatic carbocycles. The number of aromatic hydroxyl groups is 1. The number of amides is 3. The molecule has 3 aliphatic rings. The maximum absolute atomic E-state index is 14.4. The lowest BCUT2D eigenvalue weighted by atomic mass is 9.67. The molecule has 1 fully saturated rings. The van der Waals surface area contributed by atoms with Crippen LogP contribution in [0.2, 0.25) is 5.02 Å². The van der Waals surface area contributed by atoms with Crippen molar-refractivity contribution in [1.29, 1.82) is 0 Å². The summed E-state index contributed by atoms with van der Waals surface area (Å²) in [4.78, 5) is 62.1. The van der Waals surface area contributed by atoms with Crippen molar-refractivity contribution in [3.8, 4) is 5.75 Å². The van der Waals surface area contributed by atoms with E-state index in [1.165, 1.54) is 53.7 Å². The third kappa shape index (κ3) is 5.42. The van der Waals surface area contributed by atoms with E-state index < -0.39 is 46.1 Å². The van der Waals surface area contributed by atoms with Crippen molar-refractivity contribution in [2.75, 3.05) is 41.3 Å². The molecule has 13 heteroatoms. The summed E-state index contributed by atoms with van der Waals surface area (Å²) in [6.07, 6.45) is 2.06. The molecule has 2 bridgehead atoms. The van der Waals surface area contributed by atoms with E-state index in [1.807, 2.05) is 14.0 Å². The maximum atomic E-state index is 14.4. The van der Waals surface area contributed by atoms with Gasteiger partial charge in [-0.1, -0.05) is 30.7 Å². The largest absolute Gasteiger partial charge is 0.501 e. The zero-order valence-electron chi connectivity index (χ0n) is 24.0. The first kappa shape index (κ1) is 30.4. The van der Waals surface area contributed by atoms with Crippen molar-refractivity contribution < 1.29 is 23.9 Å². The van der Waals surface area contributed by atoms with Gasteiger partial charge < -0.3 is 25.1 Å². The molecule has 222 valence electrons. The number of likely N-dealkylation sites (N-methyl/N-ethyl adjacent to an activating group) is 2. The van der Waals surface area contributed by atoms with E-state index in [1.54, 1.807) is 0 Å². The van der Waals surface area contributed by atoms with Crippen molar-refractivity contribution in [3.05, 3.63) is 56.5 Å². The first-order valence-corrected chi connectivity index (χ1v) is 13.9. The van der Waals surface area contributed by atoms with Crippen LogP contribution in [0.15, 0.2) is 23.0 Å². The number of benzene rings is 1. The summed E-state index contributed by atoms with van der Waals surface area (Å²) >= 11 is 5.84. The van der Waals surface area contributed by atoms with Crippen LogP contribution in [0.25, 0.3) is 0 Å². The number of carbonyl (C=O) groups is 3. The maximum Gasteiger partial charge on any atom is 0.312 e. The van der Waals surface area contributed by atoms with Crippen molar-refractivity contribution in [1.82, 2.24) is 29.6 Å². The molecule has 0 saturated heterocycles. The summed E-state index contributed by atoms with van der Waals surface area (Å²) < 4.78 is 15.7. The Labute approximate surface area is 242 Å². The van der Waals surface area contributed by atoms with E-state index in [4.69, 9.17) is 11.6 Å². The molecule has 0 unspecified atom stereocenters. The summed E-state index contributed by atoms with van der Waals surface area (Å²) in [5.41, 5.74) is -2.75. The van der Waals surface area contributed by atoms with Gasteiger partial charge in [0.15, 0.2) is 5.69 Å². The number of fused-ring (bicyclic) bond motifs is 2. The van der Waals surface area contributed by atoms with Gasteiger partial charge in [0.25, 0.3) is 11.5 Å². The van der Waals surface area contributed by atoms with Crippen molar-refractivity contribution in [2.24, 2.45) is 5.41 Å². The van der Waals surface area contributed by atoms with Crippen molar-refractivity contribution in [3.63, 3.8) is 0 Å². The number of halogens is 2. The Hall–Kier alpha value is -3.51. The molecule has 5 rings (SSSR count). The fourth-order valence-electron chi connectivity index (χ4n) is 5.97. The van der Waals surface area contributed by atoms with E-state index in [-0.39, 0.29) is 34.9 Å². The molecule has 2 aromatic rings. The van der Waals surface area contributed by atoms with E-state index in [9.17, 15) is 28.7 Å². The number of nitrogens with zero attached hydrogens (tertiary/aromatic N) is 5. The van der Waals surface area contributed by atoms with Crippen molar-refractivity contribution in [2.45, 2.75) is 51.2 Å². The second kappa shape index (κ2) is 11.4. The van der Waals surface area contributed by atoms with Crippen LogP contribution in [0.3, 0.4) is 0 Å². The van der Waals surface area contributed by atoms with Crippen LogP contribution in [0, 0.1) is 11.2 Å². The second-order valence-corrected chi connectivity index (χ2v) is 11.8. The highest BCUT2D eigenvalue weighted by Crippen LogP contribution is 2.52. The number of carbonyl (C=O) groups excluding carboxylic acids is 3. The van der Waals surface area contributed by atoms with Crippen LogP contribution in [-0.4, -0.2) is 88.4 Å². The zero-order chi connectivity index (χ0) is 30.3. The molecular weight excluding hydrogens is 555 g/mol. The normalized spacial score (nSPS) is 21.3. The molecule has 0 atom stereocenters. The predicted molar refractivity (Wildman–Crippen MR) is 150 cm³/mol. The zero-order valence-corrected chi connectivity index (χ0v) is 24.7. The van der Waals surface area contributed by atoms with Crippen molar-refractivity contribution >= 4 is 29.3 Å². The Morgan fingerprint density at radius 3 is 2.39 bits per heavy atom. The van der Waals surface area contributed by atoms with Gasteiger partial charge in [0, 0.05) is 51.8 Å². The highest BCUT2D eigenvalue weighted by Gasteiger charge is 2.54.